The summed E-state index contributed by atoms with van der Waals surface area (Å²) in [5.41, 5.74) is 2.31. The van der Waals surface area contributed by atoms with E-state index in [4.69, 9.17) is 11.6 Å². The summed E-state index contributed by atoms with van der Waals surface area (Å²) in [5.74, 6) is -0.0844. The second-order valence-corrected chi connectivity index (χ2v) is 5.17. The molecule has 0 fully saturated rings. The third-order valence-electron chi connectivity index (χ3n) is 3.08. The minimum Gasteiger partial charge on any atom is -0.287 e. The molecule has 0 amide bonds. The summed E-state index contributed by atoms with van der Waals surface area (Å²) in [6, 6.07) is 7.72. The molecule has 1 heterocycles. The highest BCUT2D eigenvalue weighted by Gasteiger charge is 2.20. The van der Waals surface area contributed by atoms with E-state index in [1.165, 1.54) is 11.8 Å². The molecule has 2 rings (SSSR count). The van der Waals surface area contributed by atoms with Crippen LogP contribution in [-0.2, 0) is 6.42 Å². The zero-order valence-electron chi connectivity index (χ0n) is 11.4. The van der Waals surface area contributed by atoms with Crippen LogP contribution in [0.2, 0.25) is 5.02 Å². The van der Waals surface area contributed by atoms with Gasteiger partial charge in [0.25, 0.3) is 0 Å². The molecular formula is C15H17ClN2O. The summed E-state index contributed by atoms with van der Waals surface area (Å²) in [5, 5.41) is 4.56. The number of halogens is 1. The lowest BCUT2D eigenvalue weighted by atomic mass is 10.0. The van der Waals surface area contributed by atoms with Crippen molar-refractivity contribution in [1.82, 2.24) is 9.78 Å². The second-order valence-electron chi connectivity index (χ2n) is 4.76. The lowest BCUT2D eigenvalue weighted by Gasteiger charge is -2.10. The molecule has 1 aromatic heterocycles. The Morgan fingerprint density at radius 3 is 2.47 bits per heavy atom. The van der Waals surface area contributed by atoms with Crippen LogP contribution >= 0.6 is 11.6 Å². The smallest absolute Gasteiger partial charge is 0.212 e. The first-order chi connectivity index (χ1) is 9.04. The van der Waals surface area contributed by atoms with E-state index < -0.39 is 0 Å². The van der Waals surface area contributed by atoms with Gasteiger partial charge in [-0.25, -0.2) is 0 Å². The lowest BCUT2D eigenvalue weighted by molar-refractivity contribution is 0.102. The van der Waals surface area contributed by atoms with Crippen molar-refractivity contribution < 1.29 is 4.79 Å². The Morgan fingerprint density at radius 2 is 1.95 bits per heavy atom. The first-order valence-electron chi connectivity index (χ1n) is 6.41. The molecule has 100 valence electrons. The summed E-state index contributed by atoms with van der Waals surface area (Å²) >= 11 is 6.09. The number of ketones is 1. The molecule has 0 aliphatic heterocycles. The monoisotopic (exact) mass is 276 g/mol. The van der Waals surface area contributed by atoms with Crippen LogP contribution in [0.4, 0.5) is 0 Å². The number of aromatic nitrogens is 2. The standard InChI is InChI=1S/C15H17ClN2O/c1-4-11-5-7-12(8-6-11)15(19)14-13(16)9-17-18(14)10(2)3/h5-10H,4H2,1-3H3. The zero-order valence-corrected chi connectivity index (χ0v) is 12.1. The molecule has 3 nitrogen and oxygen atoms in total. The van der Waals surface area contributed by atoms with Crippen molar-refractivity contribution in [3.63, 3.8) is 0 Å². The molecule has 0 saturated heterocycles. The van der Waals surface area contributed by atoms with E-state index in [9.17, 15) is 4.79 Å². The summed E-state index contributed by atoms with van der Waals surface area (Å²) in [6.07, 6.45) is 2.48. The summed E-state index contributed by atoms with van der Waals surface area (Å²) in [4.78, 5) is 12.5. The van der Waals surface area contributed by atoms with Crippen LogP contribution in [-0.4, -0.2) is 15.6 Å². The van der Waals surface area contributed by atoms with E-state index in [1.54, 1.807) is 4.68 Å². The highest BCUT2D eigenvalue weighted by molar-refractivity contribution is 6.34. The Balaban J connectivity index is 2.40. The fraction of sp³-hybridized carbons (Fsp3) is 0.333. The third-order valence-corrected chi connectivity index (χ3v) is 3.36. The average Bonchev–Trinajstić information content (AvgIpc) is 2.80. The van der Waals surface area contributed by atoms with Crippen LogP contribution in [0.1, 0.15) is 48.4 Å². The summed E-state index contributed by atoms with van der Waals surface area (Å²) in [7, 11) is 0. The molecule has 0 saturated carbocycles. The van der Waals surface area contributed by atoms with E-state index in [2.05, 4.69) is 12.0 Å². The van der Waals surface area contributed by atoms with Gasteiger partial charge in [0.15, 0.2) is 0 Å². The van der Waals surface area contributed by atoms with Gasteiger partial charge >= 0.3 is 0 Å². The van der Waals surface area contributed by atoms with Gasteiger partial charge < -0.3 is 0 Å². The van der Waals surface area contributed by atoms with Gasteiger partial charge in [0.1, 0.15) is 5.69 Å². The van der Waals surface area contributed by atoms with E-state index in [0.717, 1.165) is 6.42 Å². The van der Waals surface area contributed by atoms with E-state index in [1.807, 2.05) is 38.1 Å². The molecule has 0 unspecified atom stereocenters. The number of nitrogens with zero attached hydrogens (tertiary/aromatic N) is 2. The molecule has 1 aromatic carbocycles. The van der Waals surface area contributed by atoms with Crippen LogP contribution < -0.4 is 0 Å². The van der Waals surface area contributed by atoms with Gasteiger partial charge in [0, 0.05) is 11.6 Å². The highest BCUT2D eigenvalue weighted by atomic mass is 35.5. The molecular weight excluding hydrogens is 260 g/mol. The molecule has 0 bridgehead atoms. The maximum atomic E-state index is 12.5. The Morgan fingerprint density at radius 1 is 1.32 bits per heavy atom. The Bertz CT molecular complexity index is 585. The SMILES string of the molecule is CCc1ccc(C(=O)c2c(Cl)cnn2C(C)C)cc1. The molecule has 0 N–H and O–H groups in total. The van der Waals surface area contributed by atoms with Crippen LogP contribution in [0.25, 0.3) is 0 Å². The number of carbonyl (C=O) groups is 1. The number of hydrogen-bond donors (Lipinski definition) is 0. The molecule has 4 heteroatoms. The molecule has 19 heavy (non-hydrogen) atoms. The predicted octanol–water partition coefficient (Wildman–Crippen LogP) is 3.91. The van der Waals surface area contributed by atoms with Gasteiger partial charge in [-0.2, -0.15) is 5.10 Å². The highest BCUT2D eigenvalue weighted by Crippen LogP contribution is 2.22. The van der Waals surface area contributed by atoms with Crippen molar-refractivity contribution >= 4 is 17.4 Å². The zero-order chi connectivity index (χ0) is 14.0. The fourth-order valence-corrected chi connectivity index (χ4v) is 2.19. The second kappa shape index (κ2) is 5.57. The van der Waals surface area contributed by atoms with Crippen molar-refractivity contribution in [3.05, 3.63) is 52.3 Å². The quantitative estimate of drug-likeness (QED) is 0.794. The summed E-state index contributed by atoms with van der Waals surface area (Å²) in [6.45, 7) is 6.03. The summed E-state index contributed by atoms with van der Waals surface area (Å²) < 4.78 is 1.67. The van der Waals surface area contributed by atoms with Gasteiger partial charge in [0.2, 0.25) is 5.78 Å². The van der Waals surface area contributed by atoms with Gasteiger partial charge in [-0.1, -0.05) is 42.8 Å². The van der Waals surface area contributed by atoms with Crippen LogP contribution in [0, 0.1) is 0 Å². The van der Waals surface area contributed by atoms with Gasteiger partial charge in [0.05, 0.1) is 11.2 Å². The maximum absolute atomic E-state index is 12.5. The van der Waals surface area contributed by atoms with E-state index in [-0.39, 0.29) is 11.8 Å². The maximum Gasteiger partial charge on any atom is 0.212 e. The number of hydrogen-bond acceptors (Lipinski definition) is 2. The first kappa shape index (κ1) is 13.8. The van der Waals surface area contributed by atoms with Gasteiger partial charge in [-0.15, -0.1) is 0 Å². The minimum absolute atomic E-state index is 0.0844. The largest absolute Gasteiger partial charge is 0.287 e. The number of carbonyl (C=O) groups excluding carboxylic acids is 1. The van der Waals surface area contributed by atoms with Crippen molar-refractivity contribution in [2.45, 2.75) is 33.2 Å². The number of rotatable bonds is 4. The molecule has 2 aromatic rings. The van der Waals surface area contributed by atoms with Gasteiger partial charge in [-0.05, 0) is 25.8 Å². The van der Waals surface area contributed by atoms with Crippen molar-refractivity contribution in [2.24, 2.45) is 0 Å². The molecule has 0 aliphatic carbocycles. The van der Waals surface area contributed by atoms with E-state index in [0.29, 0.717) is 16.3 Å². The van der Waals surface area contributed by atoms with Crippen molar-refractivity contribution in [1.29, 1.82) is 0 Å². The number of aryl methyl sites for hydroxylation is 1. The van der Waals surface area contributed by atoms with Crippen molar-refractivity contribution in [3.8, 4) is 0 Å². The van der Waals surface area contributed by atoms with Crippen LogP contribution in [0.15, 0.2) is 30.5 Å². The van der Waals surface area contributed by atoms with E-state index >= 15 is 0 Å². The number of benzene rings is 1. The third kappa shape index (κ3) is 2.71. The topological polar surface area (TPSA) is 34.9 Å². The minimum atomic E-state index is -0.0844. The average molecular weight is 277 g/mol. The molecule has 0 atom stereocenters. The Kier molecular flexibility index (Phi) is 4.05. The Labute approximate surface area is 118 Å². The Hall–Kier alpha value is -1.61. The van der Waals surface area contributed by atoms with Crippen LogP contribution in [0.3, 0.4) is 0 Å². The fourth-order valence-electron chi connectivity index (χ4n) is 1.97. The molecule has 0 radical (unpaired) electrons. The van der Waals surface area contributed by atoms with Crippen LogP contribution in [0.5, 0.6) is 0 Å². The molecule has 0 spiro atoms. The molecule has 0 aliphatic rings. The van der Waals surface area contributed by atoms with Crippen molar-refractivity contribution in [2.75, 3.05) is 0 Å². The lowest BCUT2D eigenvalue weighted by Crippen LogP contribution is -2.13. The normalized spacial score (nSPS) is 11.0. The first-order valence-corrected chi connectivity index (χ1v) is 6.79. The van der Waals surface area contributed by atoms with Gasteiger partial charge in [-0.3, -0.25) is 9.48 Å². The predicted molar refractivity (Wildman–Crippen MR) is 76.9 cm³/mol.